The molecule has 6 nitrogen and oxygen atoms in total. The van der Waals surface area contributed by atoms with Crippen LogP contribution in [0.25, 0.3) is 0 Å². The largest absolute Gasteiger partial charge is 0.408 e. The van der Waals surface area contributed by atoms with Gasteiger partial charge in [0.25, 0.3) is 6.29 Å². The highest BCUT2D eigenvalue weighted by atomic mass is 35.7. The van der Waals surface area contributed by atoms with E-state index in [0.717, 1.165) is 13.2 Å². The van der Waals surface area contributed by atoms with Gasteiger partial charge in [0.15, 0.2) is 6.61 Å². The molecule has 0 saturated carbocycles. The van der Waals surface area contributed by atoms with Crippen LogP contribution >= 0.6 is 0 Å². The van der Waals surface area contributed by atoms with Gasteiger partial charge < -0.3 is 9.47 Å². The van der Waals surface area contributed by atoms with Crippen molar-refractivity contribution in [2.45, 2.75) is 13.2 Å². The molecule has 7 heteroatoms. The molecule has 1 aliphatic rings. The third kappa shape index (κ3) is 13.1. The van der Waals surface area contributed by atoms with Gasteiger partial charge in [-0.05, 0) is 0 Å². The number of hydrogen-bond donors (Lipinski definition) is 0. The van der Waals surface area contributed by atoms with E-state index in [1.165, 1.54) is 0 Å². The molecule has 68 valence electrons. The summed E-state index contributed by atoms with van der Waals surface area (Å²) < 4.78 is 43.0. The van der Waals surface area contributed by atoms with Crippen molar-refractivity contribution in [3.05, 3.63) is 0 Å². The Balaban J connectivity index is 0.000000187. The highest BCUT2D eigenvalue weighted by Crippen LogP contribution is 1.95. The lowest BCUT2D eigenvalue weighted by atomic mass is 10.8. The lowest BCUT2D eigenvalue weighted by Crippen LogP contribution is -2.68. The summed E-state index contributed by atoms with van der Waals surface area (Å²) in [5.41, 5.74) is 0. The Morgan fingerprint density at radius 3 is 1.91 bits per heavy atom. The molecular formula is C4H9ClO6. The van der Waals surface area contributed by atoms with Crippen LogP contribution in [-0.4, -0.2) is 24.2 Å². The molecule has 0 aliphatic carbocycles. The maximum atomic E-state index is 8.49. The first-order valence-corrected chi connectivity index (χ1v) is 4.03. The predicted molar refractivity (Wildman–Crippen MR) is 22.5 cm³/mol. The van der Waals surface area contributed by atoms with Gasteiger partial charge in [-0.1, -0.05) is 0 Å². The summed E-state index contributed by atoms with van der Waals surface area (Å²) in [5.74, 6) is 0. The van der Waals surface area contributed by atoms with Crippen LogP contribution in [-0.2, 0) is 4.74 Å². The number of rotatable bonds is 0. The molecule has 1 unspecified atom stereocenters. The highest BCUT2D eigenvalue weighted by molar-refractivity contribution is 4.38. The van der Waals surface area contributed by atoms with Crippen molar-refractivity contribution in [3.8, 4) is 0 Å². The Morgan fingerprint density at radius 1 is 1.36 bits per heavy atom. The minimum absolute atomic E-state index is 0.171. The van der Waals surface area contributed by atoms with E-state index in [2.05, 4.69) is 4.74 Å². The molecule has 0 amide bonds. The molecule has 0 spiro atoms. The molecule has 1 saturated heterocycles. The lowest BCUT2D eigenvalue weighted by molar-refractivity contribution is -2.00. The first-order chi connectivity index (χ1) is 4.89. The molecule has 1 atom stereocenters. The van der Waals surface area contributed by atoms with Gasteiger partial charge in [0.1, 0.15) is 6.61 Å². The van der Waals surface area contributed by atoms with E-state index in [-0.39, 0.29) is 6.29 Å². The maximum Gasteiger partial charge on any atom is 0.261 e. The Hall–Kier alpha value is 0.0500. The average Bonchev–Trinajstić information content (AvgIpc) is 2.12. The molecular weight excluding hydrogens is 179 g/mol. The standard InChI is InChI=1S/C4H8O2.ClHO4/c1-4-5-2-3-6-4;2-1(3,4)5/h4H,2-3H2,1H3;(H,2,3,4,5). The van der Waals surface area contributed by atoms with E-state index >= 15 is 0 Å². The van der Waals surface area contributed by atoms with Gasteiger partial charge in [-0.25, -0.2) is 18.6 Å². The van der Waals surface area contributed by atoms with Gasteiger partial charge in [-0.2, -0.15) is 0 Å². The summed E-state index contributed by atoms with van der Waals surface area (Å²) in [5, 5.41) is 0. The van der Waals surface area contributed by atoms with Gasteiger partial charge in [-0.3, -0.25) is 0 Å². The van der Waals surface area contributed by atoms with Crippen molar-refractivity contribution in [2.24, 2.45) is 0 Å². The second kappa shape index (κ2) is 4.83. The summed E-state index contributed by atoms with van der Waals surface area (Å²) in [7, 11) is -4.94. The van der Waals surface area contributed by atoms with E-state index in [0.29, 0.717) is 0 Å². The van der Waals surface area contributed by atoms with Crippen LogP contribution in [0.15, 0.2) is 0 Å². The van der Waals surface area contributed by atoms with Crippen molar-refractivity contribution in [1.82, 2.24) is 0 Å². The highest BCUT2D eigenvalue weighted by Gasteiger charge is 2.12. The molecule has 1 N–H and O–H groups in total. The zero-order valence-electron chi connectivity index (χ0n) is 5.86. The Kier molecular flexibility index (Phi) is 4.86. The van der Waals surface area contributed by atoms with Crippen LogP contribution in [0.3, 0.4) is 0 Å². The average molecular weight is 189 g/mol. The molecule has 1 rings (SSSR count). The van der Waals surface area contributed by atoms with Gasteiger partial charge in [0, 0.05) is 6.92 Å². The van der Waals surface area contributed by atoms with Crippen molar-refractivity contribution < 1.29 is 38.4 Å². The summed E-state index contributed by atoms with van der Waals surface area (Å²) >= 11 is 0. The normalized spacial score (nSPS) is 24.3. The summed E-state index contributed by atoms with van der Waals surface area (Å²) in [4.78, 5) is 0. The first-order valence-electron chi connectivity index (χ1n) is 2.79. The lowest BCUT2D eigenvalue weighted by Gasteiger charge is -2.17. The van der Waals surface area contributed by atoms with Crippen molar-refractivity contribution >= 4 is 0 Å². The van der Waals surface area contributed by atoms with Crippen LogP contribution in [0.4, 0.5) is 0 Å². The molecule has 0 bridgehead atoms. The summed E-state index contributed by atoms with van der Waals surface area (Å²) in [6.45, 7) is 3.66. The Bertz CT molecular complexity index is 89.2. The van der Waals surface area contributed by atoms with Crippen LogP contribution in [0.2, 0.25) is 0 Å². The van der Waals surface area contributed by atoms with Crippen molar-refractivity contribution in [1.29, 1.82) is 0 Å². The monoisotopic (exact) mass is 188 g/mol. The number of ether oxygens (including phenoxy) is 2. The molecule has 11 heavy (non-hydrogen) atoms. The van der Waals surface area contributed by atoms with Gasteiger partial charge in [-0.15, -0.1) is 10.2 Å². The fraction of sp³-hybridized carbons (Fsp3) is 1.00. The van der Waals surface area contributed by atoms with E-state index in [1.54, 1.807) is 0 Å². The van der Waals surface area contributed by atoms with Gasteiger partial charge in [0.05, 0.1) is 0 Å². The predicted octanol–water partition coefficient (Wildman–Crippen LogP) is -4.87. The minimum Gasteiger partial charge on any atom is -0.408 e. The van der Waals surface area contributed by atoms with Crippen LogP contribution in [0.1, 0.15) is 6.92 Å². The van der Waals surface area contributed by atoms with Crippen LogP contribution in [0.5, 0.6) is 0 Å². The number of hydrogen-bond acceptors (Lipinski definition) is 5. The van der Waals surface area contributed by atoms with E-state index in [1.807, 2.05) is 6.92 Å². The number of halogens is 1. The molecule has 0 aromatic carbocycles. The molecule has 0 aromatic heterocycles. The Labute approximate surface area is 65.7 Å². The number of aliphatic hydroxyl groups is 2. The second-order valence-corrected chi connectivity index (χ2v) is 2.51. The third-order valence-electron chi connectivity index (χ3n) is 0.837. The summed E-state index contributed by atoms with van der Waals surface area (Å²) in [6.07, 6.45) is 0.171. The first kappa shape index (κ1) is 11.1. The SMILES string of the molecule is CC1OCC[OH+]1.[O-][Cl+3]([O-])([O-])[O-]. The van der Waals surface area contributed by atoms with Gasteiger partial charge >= 0.3 is 0 Å². The molecule has 1 heterocycles. The topological polar surface area (TPSA) is 114 Å². The Morgan fingerprint density at radius 2 is 1.82 bits per heavy atom. The zero-order chi connectivity index (χ0) is 8.91. The minimum atomic E-state index is -4.94. The molecule has 0 aromatic rings. The van der Waals surface area contributed by atoms with E-state index < -0.39 is 10.2 Å². The smallest absolute Gasteiger partial charge is 0.261 e. The quantitative estimate of drug-likeness (QED) is 0.354. The van der Waals surface area contributed by atoms with Crippen LogP contribution in [0, 0.1) is 10.2 Å². The van der Waals surface area contributed by atoms with Crippen molar-refractivity contribution in [2.75, 3.05) is 13.2 Å². The van der Waals surface area contributed by atoms with E-state index in [9.17, 15) is 0 Å². The fourth-order valence-corrected chi connectivity index (χ4v) is 0.510. The molecule has 1 aliphatic heterocycles. The molecule has 1 fully saturated rings. The third-order valence-corrected chi connectivity index (χ3v) is 0.837. The molecule has 0 radical (unpaired) electrons. The zero-order valence-corrected chi connectivity index (χ0v) is 6.61. The fourth-order valence-electron chi connectivity index (χ4n) is 0.510. The summed E-state index contributed by atoms with van der Waals surface area (Å²) in [6, 6.07) is 0. The second-order valence-electron chi connectivity index (χ2n) is 1.75. The maximum absolute atomic E-state index is 8.49. The van der Waals surface area contributed by atoms with Crippen molar-refractivity contribution in [3.63, 3.8) is 0 Å². The van der Waals surface area contributed by atoms with Crippen LogP contribution < -0.4 is 18.6 Å². The van der Waals surface area contributed by atoms with E-state index in [4.69, 9.17) is 23.4 Å². The van der Waals surface area contributed by atoms with Gasteiger partial charge in [0.2, 0.25) is 0 Å².